The Morgan fingerprint density at radius 2 is 1.81 bits per heavy atom. The summed E-state index contributed by atoms with van der Waals surface area (Å²) in [5, 5.41) is 0. The molecule has 2 aromatic rings. The van der Waals surface area contributed by atoms with Crippen molar-refractivity contribution >= 4 is 5.95 Å². The smallest absolute Gasteiger partial charge is 0.225 e. The average molecular weight is 288 g/mol. The Kier molecular flexibility index (Phi) is 4.85. The molecule has 0 radical (unpaired) electrons. The van der Waals surface area contributed by atoms with Crippen molar-refractivity contribution in [2.45, 2.75) is 32.4 Å². The van der Waals surface area contributed by atoms with Crippen LogP contribution < -0.4 is 10.6 Å². The fraction of sp³-hybridized carbons (Fsp3) is 0.375. The van der Waals surface area contributed by atoms with Crippen molar-refractivity contribution in [1.82, 2.24) is 9.97 Å². The first kappa shape index (κ1) is 15.4. The fourth-order valence-corrected chi connectivity index (χ4v) is 2.20. The Hall–Kier alpha value is -2.01. The van der Waals surface area contributed by atoms with Gasteiger partial charge in [-0.25, -0.2) is 14.4 Å². The summed E-state index contributed by atoms with van der Waals surface area (Å²) in [7, 11) is 1.86. The van der Waals surface area contributed by atoms with Gasteiger partial charge in [-0.05, 0) is 31.9 Å². The van der Waals surface area contributed by atoms with Gasteiger partial charge in [-0.1, -0.05) is 18.2 Å². The molecular formula is C16H21FN4. The molecule has 112 valence electrons. The lowest BCUT2D eigenvalue weighted by Gasteiger charge is -2.25. The van der Waals surface area contributed by atoms with Crippen LogP contribution in [0.2, 0.25) is 0 Å². The molecule has 0 bridgehead atoms. The van der Waals surface area contributed by atoms with Gasteiger partial charge in [0, 0.05) is 31.0 Å². The molecule has 2 rings (SSSR count). The van der Waals surface area contributed by atoms with Crippen molar-refractivity contribution in [2.75, 3.05) is 11.9 Å². The summed E-state index contributed by atoms with van der Waals surface area (Å²) in [6.45, 7) is 3.87. The summed E-state index contributed by atoms with van der Waals surface area (Å²) < 4.78 is 13.8. The Bertz CT molecular complexity index is 583. The highest BCUT2D eigenvalue weighted by atomic mass is 19.1. The van der Waals surface area contributed by atoms with Gasteiger partial charge in [-0.15, -0.1) is 0 Å². The molecule has 2 N–H and O–H groups in total. The maximum atomic E-state index is 13.8. The molecule has 2 unspecified atom stereocenters. The second-order valence-corrected chi connectivity index (χ2v) is 5.38. The van der Waals surface area contributed by atoms with Gasteiger partial charge >= 0.3 is 0 Å². The van der Waals surface area contributed by atoms with Gasteiger partial charge in [-0.2, -0.15) is 0 Å². The number of hydrogen-bond donors (Lipinski definition) is 1. The zero-order valence-corrected chi connectivity index (χ0v) is 12.6. The molecule has 0 amide bonds. The van der Waals surface area contributed by atoms with E-state index in [1.165, 1.54) is 6.07 Å². The van der Waals surface area contributed by atoms with Crippen molar-refractivity contribution in [3.63, 3.8) is 0 Å². The average Bonchev–Trinajstić information content (AvgIpc) is 2.46. The van der Waals surface area contributed by atoms with Crippen LogP contribution in [0.4, 0.5) is 10.3 Å². The standard InChI is InChI=1S/C16H21FN4/c1-11(18)8-13-9-19-16(20-10-13)21(3)12(2)14-6-4-5-7-15(14)17/h4-7,9-12H,8,18H2,1-3H3. The number of nitrogens with two attached hydrogens (primary N) is 1. The molecule has 1 aromatic carbocycles. The Labute approximate surface area is 124 Å². The third-order valence-corrected chi connectivity index (χ3v) is 3.50. The molecule has 5 heteroatoms. The lowest BCUT2D eigenvalue weighted by Crippen LogP contribution is -2.25. The molecule has 0 aliphatic heterocycles. The number of rotatable bonds is 5. The summed E-state index contributed by atoms with van der Waals surface area (Å²) in [5.41, 5.74) is 7.38. The summed E-state index contributed by atoms with van der Waals surface area (Å²) in [6.07, 6.45) is 4.29. The second kappa shape index (κ2) is 6.63. The van der Waals surface area contributed by atoms with E-state index in [4.69, 9.17) is 5.73 Å². The molecule has 21 heavy (non-hydrogen) atoms. The van der Waals surface area contributed by atoms with Crippen LogP contribution in [0.15, 0.2) is 36.7 Å². The second-order valence-electron chi connectivity index (χ2n) is 5.38. The first-order chi connectivity index (χ1) is 9.99. The monoisotopic (exact) mass is 288 g/mol. The third-order valence-electron chi connectivity index (χ3n) is 3.50. The largest absolute Gasteiger partial charge is 0.337 e. The van der Waals surface area contributed by atoms with E-state index < -0.39 is 0 Å². The van der Waals surface area contributed by atoms with Gasteiger partial charge in [0.05, 0.1) is 6.04 Å². The van der Waals surface area contributed by atoms with Crippen molar-refractivity contribution in [3.8, 4) is 0 Å². The van der Waals surface area contributed by atoms with Crippen LogP contribution in [0.25, 0.3) is 0 Å². The number of benzene rings is 1. The van der Waals surface area contributed by atoms with Crippen molar-refractivity contribution in [3.05, 3.63) is 53.6 Å². The predicted molar refractivity (Wildman–Crippen MR) is 82.6 cm³/mol. The number of hydrogen-bond acceptors (Lipinski definition) is 4. The molecular weight excluding hydrogens is 267 g/mol. The van der Waals surface area contributed by atoms with Crippen molar-refractivity contribution < 1.29 is 4.39 Å². The van der Waals surface area contributed by atoms with Crippen LogP contribution in [0, 0.1) is 5.82 Å². The molecule has 0 aliphatic rings. The quantitative estimate of drug-likeness (QED) is 0.919. The molecule has 0 saturated heterocycles. The minimum Gasteiger partial charge on any atom is -0.337 e. The third kappa shape index (κ3) is 3.76. The van der Waals surface area contributed by atoms with Gasteiger partial charge < -0.3 is 10.6 Å². The molecule has 0 fully saturated rings. The summed E-state index contributed by atoms with van der Waals surface area (Å²) in [5.74, 6) is 0.351. The van der Waals surface area contributed by atoms with E-state index in [0.717, 1.165) is 12.0 Å². The van der Waals surface area contributed by atoms with E-state index in [1.54, 1.807) is 24.5 Å². The summed E-state index contributed by atoms with van der Waals surface area (Å²) in [6, 6.07) is 6.69. The minimum atomic E-state index is -0.217. The van der Waals surface area contributed by atoms with E-state index >= 15 is 0 Å². The summed E-state index contributed by atoms with van der Waals surface area (Å²) >= 11 is 0. The Morgan fingerprint density at radius 1 is 1.19 bits per heavy atom. The van der Waals surface area contributed by atoms with Crippen LogP contribution in [0.1, 0.15) is 31.0 Å². The van der Waals surface area contributed by atoms with Gasteiger partial charge in [-0.3, -0.25) is 0 Å². The highest BCUT2D eigenvalue weighted by molar-refractivity contribution is 5.35. The van der Waals surface area contributed by atoms with E-state index in [-0.39, 0.29) is 17.9 Å². The molecule has 2 atom stereocenters. The predicted octanol–water partition coefficient (Wildman–Crippen LogP) is 2.70. The zero-order valence-electron chi connectivity index (χ0n) is 12.6. The fourth-order valence-electron chi connectivity index (χ4n) is 2.20. The van der Waals surface area contributed by atoms with E-state index in [1.807, 2.05) is 31.9 Å². The number of halogens is 1. The molecule has 0 aliphatic carbocycles. The van der Waals surface area contributed by atoms with Gasteiger partial charge in [0.25, 0.3) is 0 Å². The maximum absolute atomic E-state index is 13.8. The van der Waals surface area contributed by atoms with Crippen molar-refractivity contribution in [2.24, 2.45) is 5.73 Å². The highest BCUT2D eigenvalue weighted by Crippen LogP contribution is 2.24. The first-order valence-corrected chi connectivity index (χ1v) is 7.02. The lowest BCUT2D eigenvalue weighted by molar-refractivity contribution is 0.582. The molecule has 0 saturated carbocycles. The number of nitrogens with zero attached hydrogens (tertiary/aromatic N) is 3. The minimum absolute atomic E-state index is 0.0783. The van der Waals surface area contributed by atoms with Crippen LogP contribution in [0.5, 0.6) is 0 Å². The van der Waals surface area contributed by atoms with Crippen LogP contribution in [0.3, 0.4) is 0 Å². The summed E-state index contributed by atoms with van der Waals surface area (Å²) in [4.78, 5) is 10.5. The number of aromatic nitrogens is 2. The van der Waals surface area contributed by atoms with E-state index in [9.17, 15) is 4.39 Å². The van der Waals surface area contributed by atoms with Crippen LogP contribution in [-0.4, -0.2) is 23.1 Å². The topological polar surface area (TPSA) is 55.0 Å². The first-order valence-electron chi connectivity index (χ1n) is 7.02. The Balaban J connectivity index is 2.16. The maximum Gasteiger partial charge on any atom is 0.225 e. The number of anilines is 1. The highest BCUT2D eigenvalue weighted by Gasteiger charge is 2.17. The van der Waals surface area contributed by atoms with Gasteiger partial charge in [0.2, 0.25) is 5.95 Å². The molecule has 1 heterocycles. The van der Waals surface area contributed by atoms with E-state index in [0.29, 0.717) is 11.5 Å². The van der Waals surface area contributed by atoms with Crippen molar-refractivity contribution in [1.29, 1.82) is 0 Å². The van der Waals surface area contributed by atoms with Gasteiger partial charge in [0.15, 0.2) is 0 Å². The normalized spacial score (nSPS) is 13.8. The van der Waals surface area contributed by atoms with Gasteiger partial charge in [0.1, 0.15) is 5.82 Å². The molecule has 0 spiro atoms. The molecule has 1 aromatic heterocycles. The SMILES string of the molecule is CC(N)Cc1cnc(N(C)C(C)c2ccccc2F)nc1. The Morgan fingerprint density at radius 3 is 2.38 bits per heavy atom. The zero-order chi connectivity index (χ0) is 15.4. The van der Waals surface area contributed by atoms with Crippen LogP contribution in [-0.2, 0) is 6.42 Å². The molecule has 4 nitrogen and oxygen atoms in total. The van der Waals surface area contributed by atoms with E-state index in [2.05, 4.69) is 9.97 Å². The lowest BCUT2D eigenvalue weighted by atomic mass is 10.1. The van der Waals surface area contributed by atoms with Crippen LogP contribution >= 0.6 is 0 Å².